The van der Waals surface area contributed by atoms with Crippen molar-refractivity contribution in [1.29, 1.82) is 0 Å². The number of fused-ring (bicyclic) bond motifs is 7. The molecule has 0 atom stereocenters. The zero-order chi connectivity index (χ0) is 36.0. The zero-order valence-corrected chi connectivity index (χ0v) is 29.0. The lowest BCUT2D eigenvalue weighted by molar-refractivity contribution is 1.16. The number of hydrogen-bond donors (Lipinski definition) is 0. The van der Waals surface area contributed by atoms with Gasteiger partial charge in [0.1, 0.15) is 0 Å². The fraction of sp³-hybridized carbons (Fsp3) is 0. The molecule has 0 spiro atoms. The maximum absolute atomic E-state index is 5.15. The number of hydrogen-bond acceptors (Lipinski definition) is 8. The Morgan fingerprint density at radius 1 is 0.345 bits per heavy atom. The summed E-state index contributed by atoms with van der Waals surface area (Å²) in [5.41, 5.74) is 12.2. The largest absolute Gasteiger partial charge is 0.308 e. The predicted molar refractivity (Wildman–Crippen MR) is 218 cm³/mol. The number of aromatic nitrogens is 9. The summed E-state index contributed by atoms with van der Waals surface area (Å²) in [6, 6.07) is 44.5. The molecule has 0 amide bonds. The average Bonchev–Trinajstić information content (AvgIpc) is 3.59. The van der Waals surface area contributed by atoms with Crippen molar-refractivity contribution in [3.05, 3.63) is 152 Å². The van der Waals surface area contributed by atoms with Gasteiger partial charge in [-0.05, 0) is 35.0 Å². The molecule has 6 aromatic carbocycles. The number of nitrogens with zero attached hydrogens (tertiary/aromatic N) is 9. The first kappa shape index (κ1) is 29.8. The van der Waals surface area contributed by atoms with Crippen LogP contribution in [0.5, 0.6) is 0 Å². The van der Waals surface area contributed by atoms with Crippen LogP contribution >= 0.6 is 0 Å². The van der Waals surface area contributed by atoms with E-state index in [0.29, 0.717) is 22.6 Å². The van der Waals surface area contributed by atoms with Gasteiger partial charge in [0.05, 0.1) is 39.3 Å². The van der Waals surface area contributed by atoms with Crippen LogP contribution in [0.3, 0.4) is 0 Å². The molecule has 0 aliphatic rings. The van der Waals surface area contributed by atoms with Gasteiger partial charge in [-0.3, -0.25) is 0 Å². The van der Waals surface area contributed by atoms with Crippen LogP contribution in [-0.4, -0.2) is 44.3 Å². The van der Waals surface area contributed by atoms with E-state index >= 15 is 0 Å². The third-order valence-electron chi connectivity index (χ3n) is 10.6. The Morgan fingerprint density at radius 3 is 1.44 bits per heavy atom. The van der Waals surface area contributed by atoms with Gasteiger partial charge in [0, 0.05) is 68.6 Å². The summed E-state index contributed by atoms with van der Waals surface area (Å²) < 4.78 is 2.41. The molecule has 0 N–H and O–H groups in total. The topological polar surface area (TPSA) is 108 Å². The van der Waals surface area contributed by atoms with Gasteiger partial charge in [-0.1, -0.05) is 103 Å². The first-order valence-corrected chi connectivity index (χ1v) is 18.0. The second kappa shape index (κ2) is 11.4. The Labute approximate surface area is 312 Å². The Morgan fingerprint density at radius 2 is 0.855 bits per heavy atom. The van der Waals surface area contributed by atoms with E-state index in [0.717, 1.165) is 77.7 Å². The second-order valence-electron chi connectivity index (χ2n) is 13.6. The van der Waals surface area contributed by atoms with Crippen molar-refractivity contribution in [2.24, 2.45) is 0 Å². The van der Waals surface area contributed by atoms with Crippen LogP contribution in [0.15, 0.2) is 152 Å². The fourth-order valence-electron chi connectivity index (χ4n) is 8.21. The summed E-state index contributed by atoms with van der Waals surface area (Å²) >= 11 is 0. The molecule has 0 saturated carbocycles. The molecule has 12 rings (SSSR count). The highest BCUT2D eigenvalue weighted by Gasteiger charge is 2.23. The summed E-state index contributed by atoms with van der Waals surface area (Å²) in [5.74, 6) is 0. The van der Waals surface area contributed by atoms with Crippen molar-refractivity contribution >= 4 is 71.5 Å². The SMILES string of the molecule is c1ccc(-c2nc3nccnc3nc2-c2cc3c4cccc5cccc(c54)n4c5cc(-c6nc7nccnc7nc6-c6ccccc6)ccc5c(c2)c34)cc1. The van der Waals surface area contributed by atoms with Gasteiger partial charge in [0.15, 0.2) is 22.6 Å². The first-order valence-electron chi connectivity index (χ1n) is 18.0. The molecule has 6 aromatic heterocycles. The van der Waals surface area contributed by atoms with E-state index < -0.39 is 0 Å². The summed E-state index contributed by atoms with van der Waals surface area (Å²) in [7, 11) is 0. The van der Waals surface area contributed by atoms with Crippen molar-refractivity contribution in [2.75, 3.05) is 0 Å². The van der Waals surface area contributed by atoms with Gasteiger partial charge < -0.3 is 4.40 Å². The molecule has 0 aliphatic carbocycles. The molecule has 12 aromatic rings. The summed E-state index contributed by atoms with van der Waals surface area (Å²) in [5, 5.41) is 6.89. The van der Waals surface area contributed by atoms with Crippen LogP contribution in [0, 0.1) is 0 Å². The highest BCUT2D eigenvalue weighted by molar-refractivity contribution is 6.28. The van der Waals surface area contributed by atoms with E-state index in [1.165, 1.54) is 16.2 Å². The molecule has 9 heteroatoms. The van der Waals surface area contributed by atoms with Crippen LogP contribution in [0.2, 0.25) is 0 Å². The number of pyridine rings is 1. The summed E-state index contributed by atoms with van der Waals surface area (Å²) in [6.45, 7) is 0. The van der Waals surface area contributed by atoms with E-state index in [2.05, 4.69) is 115 Å². The minimum absolute atomic E-state index is 0.500. The Kier molecular flexibility index (Phi) is 6.15. The molecule has 0 saturated heterocycles. The molecular formula is C46H25N9. The molecule has 0 aliphatic heterocycles. The molecule has 0 bridgehead atoms. The first-order chi connectivity index (χ1) is 27.3. The normalized spacial score (nSPS) is 12.0. The smallest absolute Gasteiger partial charge is 0.198 e. The van der Waals surface area contributed by atoms with Crippen molar-refractivity contribution in [3.63, 3.8) is 0 Å². The van der Waals surface area contributed by atoms with Crippen LogP contribution in [-0.2, 0) is 0 Å². The molecule has 0 unspecified atom stereocenters. The third-order valence-corrected chi connectivity index (χ3v) is 10.6. The van der Waals surface area contributed by atoms with Crippen LogP contribution in [0.4, 0.5) is 0 Å². The van der Waals surface area contributed by atoms with Crippen LogP contribution in [0.1, 0.15) is 0 Å². The minimum Gasteiger partial charge on any atom is -0.308 e. The Hall–Kier alpha value is -7.78. The van der Waals surface area contributed by atoms with Gasteiger partial charge in [0.2, 0.25) is 0 Å². The monoisotopic (exact) mass is 703 g/mol. The third kappa shape index (κ3) is 4.41. The molecule has 9 nitrogen and oxygen atoms in total. The molecule has 254 valence electrons. The van der Waals surface area contributed by atoms with Crippen molar-refractivity contribution in [3.8, 4) is 45.0 Å². The van der Waals surface area contributed by atoms with Gasteiger partial charge in [-0.25, -0.2) is 39.9 Å². The highest BCUT2D eigenvalue weighted by Crippen LogP contribution is 2.44. The van der Waals surface area contributed by atoms with E-state index in [-0.39, 0.29) is 0 Å². The van der Waals surface area contributed by atoms with E-state index in [4.69, 9.17) is 19.9 Å². The van der Waals surface area contributed by atoms with Crippen molar-refractivity contribution < 1.29 is 0 Å². The van der Waals surface area contributed by atoms with E-state index in [9.17, 15) is 0 Å². The minimum atomic E-state index is 0.500. The number of benzene rings is 6. The quantitative estimate of drug-likeness (QED) is 0.132. The molecule has 0 radical (unpaired) electrons. The average molecular weight is 704 g/mol. The molecule has 0 fully saturated rings. The Balaban J connectivity index is 1.21. The van der Waals surface area contributed by atoms with Crippen LogP contribution in [0.25, 0.3) is 116 Å². The summed E-state index contributed by atoms with van der Waals surface area (Å²) in [6.07, 6.45) is 6.62. The molecular weight excluding hydrogens is 679 g/mol. The van der Waals surface area contributed by atoms with Crippen LogP contribution < -0.4 is 0 Å². The van der Waals surface area contributed by atoms with Gasteiger partial charge in [0.25, 0.3) is 0 Å². The number of rotatable bonds is 4. The lowest BCUT2D eigenvalue weighted by Gasteiger charge is -2.15. The van der Waals surface area contributed by atoms with Gasteiger partial charge in [-0.15, -0.1) is 0 Å². The van der Waals surface area contributed by atoms with E-state index in [1.54, 1.807) is 24.8 Å². The molecule has 55 heavy (non-hydrogen) atoms. The fourth-order valence-corrected chi connectivity index (χ4v) is 8.21. The Bertz CT molecular complexity index is 3490. The maximum Gasteiger partial charge on any atom is 0.198 e. The van der Waals surface area contributed by atoms with Crippen molar-refractivity contribution in [1.82, 2.24) is 44.3 Å². The summed E-state index contributed by atoms with van der Waals surface area (Å²) in [4.78, 5) is 38.4. The molecule has 6 heterocycles. The highest BCUT2D eigenvalue weighted by atomic mass is 15.0. The van der Waals surface area contributed by atoms with Gasteiger partial charge >= 0.3 is 0 Å². The van der Waals surface area contributed by atoms with E-state index in [1.807, 2.05) is 36.4 Å². The second-order valence-corrected chi connectivity index (χ2v) is 13.6. The lowest BCUT2D eigenvalue weighted by Crippen LogP contribution is -1.99. The lowest BCUT2D eigenvalue weighted by atomic mass is 9.95. The van der Waals surface area contributed by atoms with Gasteiger partial charge in [-0.2, -0.15) is 0 Å². The maximum atomic E-state index is 5.15. The predicted octanol–water partition coefficient (Wildman–Crippen LogP) is 10.1. The zero-order valence-electron chi connectivity index (χ0n) is 29.0. The van der Waals surface area contributed by atoms with Crippen molar-refractivity contribution in [2.45, 2.75) is 0 Å². The standard InChI is InChI=1S/C46H25N9/c1-3-9-27(10-4-1)38-40(53-45-43(51-38)47-19-21-49-45)29-17-18-31-33-23-30(41-39(28-11-5-2-6-12-28)52-44-46(54-41)50-22-20-48-44)24-34-32-15-7-13-26-14-8-16-35(37(26)32)55(42(33)34)36(31)25-29/h1-25H.